The average molecular weight is 436 g/mol. The van der Waals surface area contributed by atoms with Gasteiger partial charge in [0.25, 0.3) is 5.91 Å². The normalized spacial score (nSPS) is 16.2. The number of rotatable bonds is 4. The minimum atomic E-state index is -0.247. The van der Waals surface area contributed by atoms with Crippen molar-refractivity contribution in [3.63, 3.8) is 0 Å². The molecule has 0 saturated carbocycles. The number of ether oxygens (including phenoxy) is 1. The molecule has 0 aromatic heterocycles. The summed E-state index contributed by atoms with van der Waals surface area (Å²) in [4.78, 5) is 29.8. The van der Waals surface area contributed by atoms with Crippen LogP contribution >= 0.6 is 24.0 Å². The third kappa shape index (κ3) is 4.73. The zero-order chi connectivity index (χ0) is 19.5. The second-order valence-electron chi connectivity index (χ2n) is 6.92. The summed E-state index contributed by atoms with van der Waals surface area (Å²) in [5.74, 6) is -0.288. The molecule has 2 aliphatic heterocycles. The van der Waals surface area contributed by atoms with Gasteiger partial charge in [-0.15, -0.1) is 12.4 Å². The van der Waals surface area contributed by atoms with E-state index < -0.39 is 0 Å². The Morgan fingerprint density at radius 1 is 1.10 bits per heavy atom. The van der Waals surface area contributed by atoms with Gasteiger partial charge in [0.05, 0.1) is 35.8 Å². The van der Waals surface area contributed by atoms with E-state index in [1.807, 2.05) is 6.07 Å². The Morgan fingerprint density at radius 3 is 2.66 bits per heavy atom. The van der Waals surface area contributed by atoms with Crippen LogP contribution in [-0.4, -0.2) is 49.6 Å². The van der Waals surface area contributed by atoms with Crippen molar-refractivity contribution in [1.82, 2.24) is 4.90 Å². The van der Waals surface area contributed by atoms with Crippen molar-refractivity contribution >= 4 is 52.9 Å². The van der Waals surface area contributed by atoms with Crippen LogP contribution in [0, 0.1) is 0 Å². The van der Waals surface area contributed by atoms with Crippen molar-refractivity contribution in [3.05, 3.63) is 53.1 Å². The summed E-state index contributed by atoms with van der Waals surface area (Å²) in [5.41, 5.74) is 2.24. The largest absolute Gasteiger partial charge is 0.379 e. The molecule has 2 aromatic carbocycles. The number of nitrogens with one attached hydrogen (secondary N) is 1. The van der Waals surface area contributed by atoms with Gasteiger partial charge in [-0.05, 0) is 43.3 Å². The molecule has 0 spiro atoms. The number of carbonyl (C=O) groups excluding carboxylic acids is 2. The molecule has 1 fully saturated rings. The van der Waals surface area contributed by atoms with E-state index in [9.17, 15) is 9.59 Å². The summed E-state index contributed by atoms with van der Waals surface area (Å²) < 4.78 is 5.37. The van der Waals surface area contributed by atoms with E-state index in [0.29, 0.717) is 34.1 Å². The number of hydrogen-bond acceptors (Lipinski definition) is 4. The van der Waals surface area contributed by atoms with Gasteiger partial charge in [-0.3, -0.25) is 19.4 Å². The number of halogens is 2. The molecular formula is C21H23Cl2N3O3. The van der Waals surface area contributed by atoms with Crippen LogP contribution in [0.15, 0.2) is 42.5 Å². The van der Waals surface area contributed by atoms with Crippen LogP contribution in [0.3, 0.4) is 0 Å². The predicted molar refractivity (Wildman–Crippen MR) is 117 cm³/mol. The fourth-order valence-electron chi connectivity index (χ4n) is 3.64. The molecule has 0 atom stereocenters. The number of carbonyl (C=O) groups is 2. The van der Waals surface area contributed by atoms with Crippen molar-refractivity contribution in [2.75, 3.05) is 43.1 Å². The molecule has 2 heterocycles. The van der Waals surface area contributed by atoms with Crippen molar-refractivity contribution in [1.29, 1.82) is 0 Å². The summed E-state index contributed by atoms with van der Waals surface area (Å²) in [6.07, 6.45) is 1.14. The summed E-state index contributed by atoms with van der Waals surface area (Å²) in [5, 5.41) is 3.38. The van der Waals surface area contributed by atoms with Gasteiger partial charge in [0.1, 0.15) is 0 Å². The topological polar surface area (TPSA) is 61.9 Å². The minimum Gasteiger partial charge on any atom is -0.379 e. The van der Waals surface area contributed by atoms with Crippen molar-refractivity contribution < 1.29 is 14.3 Å². The van der Waals surface area contributed by atoms with Crippen LogP contribution < -0.4 is 10.2 Å². The number of morpholine rings is 1. The number of benzene rings is 2. The lowest BCUT2D eigenvalue weighted by molar-refractivity contribution is -0.118. The number of amides is 2. The summed E-state index contributed by atoms with van der Waals surface area (Å²) >= 11 is 6.12. The average Bonchev–Trinajstić information content (AvgIpc) is 2.82. The van der Waals surface area contributed by atoms with Crippen molar-refractivity contribution in [3.8, 4) is 0 Å². The van der Waals surface area contributed by atoms with Gasteiger partial charge in [-0.25, -0.2) is 0 Å². The lowest BCUT2D eigenvalue weighted by Crippen LogP contribution is -2.37. The lowest BCUT2D eigenvalue weighted by Gasteiger charge is -2.27. The first kappa shape index (κ1) is 21.6. The van der Waals surface area contributed by atoms with Crippen LogP contribution in [0.5, 0.6) is 0 Å². The van der Waals surface area contributed by atoms with E-state index in [2.05, 4.69) is 10.2 Å². The van der Waals surface area contributed by atoms with Crippen LogP contribution in [0.2, 0.25) is 5.02 Å². The van der Waals surface area contributed by atoms with E-state index in [-0.39, 0.29) is 24.2 Å². The second-order valence-corrected chi connectivity index (χ2v) is 7.36. The van der Waals surface area contributed by atoms with Gasteiger partial charge < -0.3 is 10.1 Å². The Morgan fingerprint density at radius 2 is 1.86 bits per heavy atom. The summed E-state index contributed by atoms with van der Waals surface area (Å²) in [6, 6.07) is 12.3. The highest BCUT2D eigenvalue weighted by Crippen LogP contribution is 2.39. The SMILES string of the molecule is Cl.O=C1Nc2cc(Cl)ccc2N(C(=O)CCCN2CCOCC2)c2ccccc21. The molecule has 1 saturated heterocycles. The molecule has 0 aliphatic carbocycles. The van der Waals surface area contributed by atoms with Crippen molar-refractivity contribution in [2.24, 2.45) is 0 Å². The van der Waals surface area contributed by atoms with Gasteiger partial charge in [-0.1, -0.05) is 23.7 Å². The minimum absolute atomic E-state index is 0. The van der Waals surface area contributed by atoms with E-state index in [4.69, 9.17) is 16.3 Å². The smallest absolute Gasteiger partial charge is 0.257 e. The third-order valence-corrected chi connectivity index (χ3v) is 5.29. The summed E-state index contributed by atoms with van der Waals surface area (Å²) in [7, 11) is 0. The Kier molecular flexibility index (Phi) is 7.14. The Bertz CT molecular complexity index is 900. The molecule has 2 aliphatic rings. The maximum atomic E-state index is 13.2. The van der Waals surface area contributed by atoms with Crippen molar-refractivity contribution in [2.45, 2.75) is 12.8 Å². The molecule has 2 amide bonds. The van der Waals surface area contributed by atoms with Gasteiger partial charge in [0.2, 0.25) is 5.91 Å². The zero-order valence-corrected chi connectivity index (χ0v) is 17.5. The third-order valence-electron chi connectivity index (χ3n) is 5.06. The first-order chi connectivity index (χ1) is 13.6. The van der Waals surface area contributed by atoms with E-state index in [1.54, 1.807) is 41.3 Å². The molecule has 4 rings (SSSR count). The fraction of sp³-hybridized carbons (Fsp3) is 0.333. The van der Waals surface area contributed by atoms with Gasteiger partial charge in [0.15, 0.2) is 0 Å². The van der Waals surface area contributed by atoms with Gasteiger partial charge in [0, 0.05) is 24.5 Å². The molecule has 0 radical (unpaired) electrons. The van der Waals surface area contributed by atoms with Crippen LogP contribution in [-0.2, 0) is 9.53 Å². The van der Waals surface area contributed by atoms with E-state index in [0.717, 1.165) is 39.3 Å². The molecule has 29 heavy (non-hydrogen) atoms. The lowest BCUT2D eigenvalue weighted by atomic mass is 10.1. The fourth-order valence-corrected chi connectivity index (χ4v) is 3.81. The number of hydrogen-bond donors (Lipinski definition) is 1. The molecule has 154 valence electrons. The molecular weight excluding hydrogens is 413 g/mol. The maximum absolute atomic E-state index is 13.2. The van der Waals surface area contributed by atoms with Crippen LogP contribution in [0.1, 0.15) is 23.2 Å². The molecule has 0 unspecified atom stereocenters. The first-order valence-electron chi connectivity index (χ1n) is 9.46. The highest BCUT2D eigenvalue weighted by atomic mass is 35.5. The molecule has 0 bridgehead atoms. The molecule has 8 heteroatoms. The van der Waals surface area contributed by atoms with Crippen LogP contribution in [0.4, 0.5) is 17.1 Å². The van der Waals surface area contributed by atoms with E-state index >= 15 is 0 Å². The number of anilines is 3. The Hall–Kier alpha value is -2.12. The Balaban J connectivity index is 0.00000240. The predicted octanol–water partition coefficient (Wildman–Crippen LogP) is 4.10. The number of para-hydroxylation sites is 1. The highest BCUT2D eigenvalue weighted by molar-refractivity contribution is 6.31. The first-order valence-corrected chi connectivity index (χ1v) is 9.84. The van der Waals surface area contributed by atoms with Gasteiger partial charge in [-0.2, -0.15) is 0 Å². The molecule has 1 N–H and O–H groups in total. The second kappa shape index (κ2) is 9.59. The number of fused-ring (bicyclic) bond motifs is 2. The highest BCUT2D eigenvalue weighted by Gasteiger charge is 2.29. The number of nitrogens with zero attached hydrogens (tertiary/aromatic N) is 2. The summed E-state index contributed by atoms with van der Waals surface area (Å²) in [6.45, 7) is 4.15. The van der Waals surface area contributed by atoms with E-state index in [1.165, 1.54) is 0 Å². The van der Waals surface area contributed by atoms with Gasteiger partial charge >= 0.3 is 0 Å². The molecule has 2 aromatic rings. The standard InChI is InChI=1S/C21H22ClN3O3.ClH/c22-15-7-8-19-17(14-15)23-21(27)16-4-1-2-5-18(16)25(19)20(26)6-3-9-24-10-12-28-13-11-24;/h1-2,4-5,7-8,14H,3,6,9-13H2,(H,23,27);1H. The Labute approximate surface area is 181 Å². The van der Waals surface area contributed by atoms with Crippen LogP contribution in [0.25, 0.3) is 0 Å². The quantitative estimate of drug-likeness (QED) is 0.784. The molecule has 6 nitrogen and oxygen atoms in total. The maximum Gasteiger partial charge on any atom is 0.257 e. The zero-order valence-electron chi connectivity index (χ0n) is 15.9. The monoisotopic (exact) mass is 435 g/mol.